The monoisotopic (exact) mass is 248 g/mol. The molecule has 0 aromatic heterocycles. The van der Waals surface area contributed by atoms with E-state index in [4.69, 9.17) is 14.2 Å². The molecule has 3 rings (SSSR count). The Morgan fingerprint density at radius 1 is 1.22 bits per heavy atom. The molecule has 0 fully saturated rings. The molecule has 96 valence electrons. The summed E-state index contributed by atoms with van der Waals surface area (Å²) < 4.78 is 16.0. The van der Waals surface area contributed by atoms with Gasteiger partial charge in [0.1, 0.15) is 5.75 Å². The summed E-state index contributed by atoms with van der Waals surface area (Å²) in [6.45, 7) is 4.56. The second-order valence-electron chi connectivity index (χ2n) is 5.25. The van der Waals surface area contributed by atoms with Crippen LogP contribution in [0.15, 0.2) is 12.1 Å². The minimum Gasteiger partial charge on any atom is -0.454 e. The maximum Gasteiger partial charge on any atom is 0.311 e. The highest BCUT2D eigenvalue weighted by Gasteiger charge is 2.30. The van der Waals surface area contributed by atoms with Crippen molar-refractivity contribution < 1.29 is 19.0 Å². The van der Waals surface area contributed by atoms with Crippen LogP contribution < -0.4 is 14.2 Å². The summed E-state index contributed by atoms with van der Waals surface area (Å²) in [6, 6.07) is 3.72. The Labute approximate surface area is 106 Å². The molecule has 0 N–H and O–H groups in total. The van der Waals surface area contributed by atoms with Gasteiger partial charge >= 0.3 is 5.97 Å². The largest absolute Gasteiger partial charge is 0.454 e. The molecule has 4 heteroatoms. The first-order valence-electron chi connectivity index (χ1n) is 6.27. The van der Waals surface area contributed by atoms with Gasteiger partial charge in [0, 0.05) is 11.6 Å². The number of carbonyl (C=O) groups is 1. The van der Waals surface area contributed by atoms with Gasteiger partial charge in [0.25, 0.3) is 0 Å². The third-order valence-electron chi connectivity index (χ3n) is 3.34. The average Bonchev–Trinajstić information content (AvgIpc) is 2.72. The molecule has 1 aromatic rings. The summed E-state index contributed by atoms with van der Waals surface area (Å²) in [7, 11) is 0. The number of fused-ring (bicyclic) bond motifs is 2. The molecule has 0 amide bonds. The quantitative estimate of drug-likeness (QED) is 0.596. The lowest BCUT2D eigenvalue weighted by Crippen LogP contribution is -2.21. The van der Waals surface area contributed by atoms with Crippen LogP contribution in [0, 0.1) is 5.92 Å². The normalized spacial score (nSPS) is 20.8. The Morgan fingerprint density at radius 3 is 2.67 bits per heavy atom. The van der Waals surface area contributed by atoms with Gasteiger partial charge in [-0.1, -0.05) is 13.8 Å². The van der Waals surface area contributed by atoms with E-state index in [0.29, 0.717) is 23.8 Å². The van der Waals surface area contributed by atoms with Gasteiger partial charge in [-0.25, -0.2) is 0 Å². The molecule has 4 nitrogen and oxygen atoms in total. The third kappa shape index (κ3) is 1.92. The molecule has 18 heavy (non-hydrogen) atoms. The molecule has 0 saturated heterocycles. The van der Waals surface area contributed by atoms with Crippen LogP contribution in [0.1, 0.15) is 38.2 Å². The van der Waals surface area contributed by atoms with Crippen molar-refractivity contribution in [3.05, 3.63) is 17.7 Å². The first-order valence-corrected chi connectivity index (χ1v) is 6.27. The summed E-state index contributed by atoms with van der Waals surface area (Å²) in [5.74, 6) is 2.63. The van der Waals surface area contributed by atoms with Crippen molar-refractivity contribution >= 4 is 5.97 Å². The molecule has 2 aliphatic rings. The Morgan fingerprint density at radius 2 is 1.94 bits per heavy atom. The smallest absolute Gasteiger partial charge is 0.311 e. The van der Waals surface area contributed by atoms with Gasteiger partial charge in [-0.05, 0) is 24.3 Å². The zero-order valence-electron chi connectivity index (χ0n) is 10.6. The van der Waals surface area contributed by atoms with Crippen molar-refractivity contribution in [1.29, 1.82) is 0 Å². The molecular weight excluding hydrogens is 232 g/mol. The predicted octanol–water partition coefficient (Wildman–Crippen LogP) is 2.85. The number of ether oxygens (including phenoxy) is 3. The predicted molar refractivity (Wildman–Crippen MR) is 65.0 cm³/mol. The van der Waals surface area contributed by atoms with Gasteiger partial charge in [0.15, 0.2) is 11.5 Å². The Hall–Kier alpha value is -1.71. The lowest BCUT2D eigenvalue weighted by Gasteiger charge is -2.25. The highest BCUT2D eigenvalue weighted by atomic mass is 16.7. The summed E-state index contributed by atoms with van der Waals surface area (Å²) in [5.41, 5.74) is 1.06. The summed E-state index contributed by atoms with van der Waals surface area (Å²) in [6.07, 6.45) is 1.42. The van der Waals surface area contributed by atoms with Crippen molar-refractivity contribution in [2.45, 2.75) is 32.6 Å². The van der Waals surface area contributed by atoms with Crippen LogP contribution in [0.2, 0.25) is 0 Å². The lowest BCUT2D eigenvalue weighted by molar-refractivity contribution is -0.136. The summed E-state index contributed by atoms with van der Waals surface area (Å²) >= 11 is 0. The lowest BCUT2D eigenvalue weighted by atomic mass is 9.85. The highest BCUT2D eigenvalue weighted by molar-refractivity contribution is 5.77. The number of hydrogen-bond acceptors (Lipinski definition) is 4. The van der Waals surface area contributed by atoms with Gasteiger partial charge in [0.2, 0.25) is 6.79 Å². The van der Waals surface area contributed by atoms with Crippen molar-refractivity contribution in [1.82, 2.24) is 0 Å². The minimum atomic E-state index is -0.160. The van der Waals surface area contributed by atoms with Crippen molar-refractivity contribution in [2.24, 2.45) is 5.92 Å². The fourth-order valence-electron chi connectivity index (χ4n) is 2.60. The molecule has 2 heterocycles. The van der Waals surface area contributed by atoms with E-state index in [1.807, 2.05) is 6.07 Å². The molecular formula is C14H16O4. The van der Waals surface area contributed by atoms with Gasteiger partial charge in [-0.2, -0.15) is 0 Å². The van der Waals surface area contributed by atoms with Gasteiger partial charge in [-0.3, -0.25) is 4.79 Å². The van der Waals surface area contributed by atoms with E-state index in [2.05, 4.69) is 13.8 Å². The SMILES string of the molecule is CC(C)C[C@H]1CC(=O)Oc2cc3c(cc21)OCO3. The minimum absolute atomic E-state index is 0.160. The van der Waals surface area contributed by atoms with Crippen LogP contribution in [0.3, 0.4) is 0 Å². The van der Waals surface area contributed by atoms with E-state index >= 15 is 0 Å². The molecule has 1 aromatic carbocycles. The Balaban J connectivity index is 2.00. The van der Waals surface area contributed by atoms with Crippen LogP contribution in [-0.2, 0) is 4.79 Å². The fourth-order valence-corrected chi connectivity index (χ4v) is 2.60. The summed E-state index contributed by atoms with van der Waals surface area (Å²) in [5, 5.41) is 0. The molecule has 0 saturated carbocycles. The number of carbonyl (C=O) groups excluding carboxylic acids is 1. The second-order valence-corrected chi connectivity index (χ2v) is 5.25. The van der Waals surface area contributed by atoms with E-state index in [0.717, 1.165) is 17.7 Å². The molecule has 2 aliphatic heterocycles. The van der Waals surface area contributed by atoms with Crippen LogP contribution in [0.5, 0.6) is 17.2 Å². The Kier molecular flexibility index (Phi) is 2.65. The number of benzene rings is 1. The van der Waals surface area contributed by atoms with E-state index < -0.39 is 0 Å². The van der Waals surface area contributed by atoms with Crippen LogP contribution in [0.25, 0.3) is 0 Å². The highest BCUT2D eigenvalue weighted by Crippen LogP contribution is 2.45. The second kappa shape index (κ2) is 4.19. The molecule has 1 atom stereocenters. The molecule has 0 radical (unpaired) electrons. The molecule has 0 aliphatic carbocycles. The zero-order valence-corrected chi connectivity index (χ0v) is 10.6. The maximum atomic E-state index is 11.6. The fraction of sp³-hybridized carbons (Fsp3) is 0.500. The average molecular weight is 248 g/mol. The Bertz CT molecular complexity index is 493. The van der Waals surface area contributed by atoms with Gasteiger partial charge in [0.05, 0.1) is 6.42 Å². The van der Waals surface area contributed by atoms with Gasteiger partial charge in [-0.15, -0.1) is 0 Å². The van der Waals surface area contributed by atoms with Crippen LogP contribution in [-0.4, -0.2) is 12.8 Å². The van der Waals surface area contributed by atoms with E-state index in [1.165, 1.54) is 0 Å². The maximum absolute atomic E-state index is 11.6. The van der Waals surface area contributed by atoms with Crippen molar-refractivity contribution in [3.63, 3.8) is 0 Å². The van der Waals surface area contributed by atoms with Crippen molar-refractivity contribution in [2.75, 3.05) is 6.79 Å². The molecule has 0 bridgehead atoms. The molecule has 0 spiro atoms. The standard InChI is InChI=1S/C14H16O4/c1-8(2)3-9-4-14(15)18-11-6-13-12(5-10(9)11)16-7-17-13/h5-6,8-9H,3-4,7H2,1-2H3/t9-/m0/s1. The first kappa shape index (κ1) is 11.4. The zero-order chi connectivity index (χ0) is 12.7. The third-order valence-corrected chi connectivity index (χ3v) is 3.34. The van der Waals surface area contributed by atoms with E-state index in [1.54, 1.807) is 6.07 Å². The van der Waals surface area contributed by atoms with Crippen LogP contribution >= 0.6 is 0 Å². The van der Waals surface area contributed by atoms with Crippen LogP contribution in [0.4, 0.5) is 0 Å². The summed E-state index contributed by atoms with van der Waals surface area (Å²) in [4.78, 5) is 11.6. The topological polar surface area (TPSA) is 44.8 Å². The van der Waals surface area contributed by atoms with Gasteiger partial charge < -0.3 is 14.2 Å². The number of rotatable bonds is 2. The number of hydrogen-bond donors (Lipinski definition) is 0. The molecule has 0 unspecified atom stereocenters. The van der Waals surface area contributed by atoms with Crippen molar-refractivity contribution in [3.8, 4) is 17.2 Å². The number of esters is 1. The van der Waals surface area contributed by atoms with E-state index in [-0.39, 0.29) is 18.7 Å². The first-order chi connectivity index (χ1) is 8.63. The van der Waals surface area contributed by atoms with E-state index in [9.17, 15) is 4.79 Å².